The molecular weight excluding hydrogens is 352 g/mol. The first-order chi connectivity index (χ1) is 12.5. The Morgan fingerprint density at radius 1 is 0.923 bits per heavy atom. The number of nitrogens with one attached hydrogen (secondary N) is 2. The molecule has 0 amide bonds. The lowest BCUT2D eigenvalue weighted by atomic mass is 10.2. The first kappa shape index (κ1) is 17.7. The molecule has 1 aromatic heterocycles. The van der Waals surface area contributed by atoms with Gasteiger partial charge in [0.15, 0.2) is 11.6 Å². The van der Waals surface area contributed by atoms with Crippen molar-refractivity contribution in [3.05, 3.63) is 66.2 Å². The van der Waals surface area contributed by atoms with Gasteiger partial charge in [-0.1, -0.05) is 18.2 Å². The third-order valence-electron chi connectivity index (χ3n) is 3.55. The topological polar surface area (TPSA) is 93.2 Å². The largest absolute Gasteiger partial charge is 0.497 e. The molecule has 0 saturated carbocycles. The molecule has 134 valence electrons. The van der Waals surface area contributed by atoms with Gasteiger partial charge in [0, 0.05) is 11.8 Å². The molecule has 0 bridgehead atoms. The zero-order valence-corrected chi connectivity index (χ0v) is 15.1. The van der Waals surface area contributed by atoms with Crippen LogP contribution in [0.1, 0.15) is 5.56 Å². The van der Waals surface area contributed by atoms with Crippen molar-refractivity contribution in [3.8, 4) is 5.75 Å². The average molecular weight is 370 g/mol. The predicted molar refractivity (Wildman–Crippen MR) is 100 cm³/mol. The number of hydrogen-bond acceptors (Lipinski definition) is 6. The Labute approximate surface area is 152 Å². The molecule has 0 atom stereocenters. The van der Waals surface area contributed by atoms with Gasteiger partial charge in [-0.2, -0.15) is 0 Å². The van der Waals surface area contributed by atoms with E-state index in [0.717, 1.165) is 11.3 Å². The number of aryl methyl sites for hydroxylation is 1. The summed E-state index contributed by atoms with van der Waals surface area (Å²) in [4.78, 5) is 0.179. The van der Waals surface area contributed by atoms with E-state index < -0.39 is 10.0 Å². The second kappa shape index (κ2) is 7.40. The molecule has 0 fully saturated rings. The van der Waals surface area contributed by atoms with Gasteiger partial charge in [0.2, 0.25) is 0 Å². The number of sulfonamides is 1. The normalized spacial score (nSPS) is 11.0. The minimum absolute atomic E-state index is 0.141. The number of ether oxygens (including phenoxy) is 1. The number of hydrogen-bond donors (Lipinski definition) is 2. The number of anilines is 3. The van der Waals surface area contributed by atoms with E-state index in [2.05, 4.69) is 20.2 Å². The number of rotatable bonds is 6. The predicted octanol–water partition coefficient (Wildman–Crippen LogP) is 3.34. The van der Waals surface area contributed by atoms with Crippen LogP contribution in [0.5, 0.6) is 5.75 Å². The molecule has 0 saturated heterocycles. The Morgan fingerprint density at radius 3 is 2.35 bits per heavy atom. The van der Waals surface area contributed by atoms with Crippen molar-refractivity contribution in [1.82, 2.24) is 10.2 Å². The van der Waals surface area contributed by atoms with E-state index in [1.54, 1.807) is 31.4 Å². The summed E-state index contributed by atoms with van der Waals surface area (Å²) in [5.41, 5.74) is 1.64. The molecule has 0 radical (unpaired) electrons. The maximum Gasteiger partial charge on any atom is 0.263 e. The van der Waals surface area contributed by atoms with Crippen LogP contribution in [0.3, 0.4) is 0 Å². The maximum absolute atomic E-state index is 12.4. The molecule has 7 nitrogen and oxygen atoms in total. The van der Waals surface area contributed by atoms with Crippen LogP contribution in [0.15, 0.2) is 65.6 Å². The molecule has 1 heterocycles. The zero-order chi connectivity index (χ0) is 18.6. The second-order valence-corrected chi connectivity index (χ2v) is 7.27. The number of aromatic nitrogens is 2. The summed E-state index contributed by atoms with van der Waals surface area (Å²) in [5.74, 6) is 1.34. The summed E-state index contributed by atoms with van der Waals surface area (Å²) in [5, 5.41) is 11.0. The summed E-state index contributed by atoms with van der Waals surface area (Å²) in [7, 11) is -2.11. The van der Waals surface area contributed by atoms with E-state index in [1.807, 2.05) is 37.3 Å². The van der Waals surface area contributed by atoms with Crippen molar-refractivity contribution in [2.24, 2.45) is 0 Å². The molecular formula is C18H18N4O3S. The highest BCUT2D eigenvalue weighted by atomic mass is 32.2. The number of benzene rings is 2. The minimum Gasteiger partial charge on any atom is -0.497 e. The lowest BCUT2D eigenvalue weighted by molar-refractivity contribution is 0.415. The summed E-state index contributed by atoms with van der Waals surface area (Å²) >= 11 is 0. The van der Waals surface area contributed by atoms with Crippen molar-refractivity contribution in [2.45, 2.75) is 11.8 Å². The van der Waals surface area contributed by atoms with Gasteiger partial charge in [0.1, 0.15) is 5.75 Å². The highest BCUT2D eigenvalue weighted by molar-refractivity contribution is 7.92. The SMILES string of the molecule is COc1cccc(Nc2ccc(NS(=O)(=O)c3cccc(C)c3)nn2)c1. The Balaban J connectivity index is 1.73. The van der Waals surface area contributed by atoms with Crippen LogP contribution in [-0.2, 0) is 10.0 Å². The maximum atomic E-state index is 12.4. The Kier molecular flexibility index (Phi) is 5.04. The standard InChI is InChI=1S/C18H18N4O3S/c1-13-5-3-8-16(11-13)26(23,24)22-18-10-9-17(20-21-18)19-14-6-4-7-15(12-14)25-2/h3-12H,1-2H3,(H,19,20)(H,21,22). The van der Waals surface area contributed by atoms with Crippen LogP contribution in [0, 0.1) is 6.92 Å². The smallest absolute Gasteiger partial charge is 0.263 e. The van der Waals surface area contributed by atoms with E-state index in [9.17, 15) is 8.42 Å². The van der Waals surface area contributed by atoms with Crippen LogP contribution in [0.4, 0.5) is 17.3 Å². The lowest BCUT2D eigenvalue weighted by Crippen LogP contribution is -2.14. The molecule has 26 heavy (non-hydrogen) atoms. The summed E-state index contributed by atoms with van der Waals surface area (Å²) in [6.07, 6.45) is 0. The molecule has 0 aliphatic rings. The summed E-state index contributed by atoms with van der Waals surface area (Å²) < 4.78 is 32.4. The quantitative estimate of drug-likeness (QED) is 0.691. The molecule has 3 rings (SSSR count). The summed E-state index contributed by atoms with van der Waals surface area (Å²) in [6.45, 7) is 1.83. The van der Waals surface area contributed by atoms with Crippen molar-refractivity contribution in [3.63, 3.8) is 0 Å². The van der Waals surface area contributed by atoms with Gasteiger partial charge < -0.3 is 10.1 Å². The van der Waals surface area contributed by atoms with Gasteiger partial charge >= 0.3 is 0 Å². The van der Waals surface area contributed by atoms with Gasteiger partial charge in [-0.3, -0.25) is 4.72 Å². The Morgan fingerprint density at radius 2 is 1.65 bits per heavy atom. The third kappa shape index (κ3) is 4.28. The van der Waals surface area contributed by atoms with Crippen molar-refractivity contribution >= 4 is 27.3 Å². The van der Waals surface area contributed by atoms with Crippen molar-refractivity contribution < 1.29 is 13.2 Å². The van der Waals surface area contributed by atoms with Crippen LogP contribution in [0.2, 0.25) is 0 Å². The van der Waals surface area contributed by atoms with Crippen LogP contribution in [-0.4, -0.2) is 25.7 Å². The highest BCUT2D eigenvalue weighted by Crippen LogP contribution is 2.21. The van der Waals surface area contributed by atoms with Crippen LogP contribution >= 0.6 is 0 Å². The number of nitrogens with zero attached hydrogens (tertiary/aromatic N) is 2. The molecule has 2 N–H and O–H groups in total. The molecule has 8 heteroatoms. The first-order valence-electron chi connectivity index (χ1n) is 7.80. The zero-order valence-electron chi connectivity index (χ0n) is 14.3. The van der Waals surface area contributed by atoms with E-state index in [-0.39, 0.29) is 10.7 Å². The summed E-state index contributed by atoms with van der Waals surface area (Å²) in [6, 6.07) is 17.2. The van der Waals surface area contributed by atoms with Gasteiger partial charge in [0.25, 0.3) is 10.0 Å². The van der Waals surface area contributed by atoms with Gasteiger partial charge in [-0.15, -0.1) is 10.2 Å². The second-order valence-electron chi connectivity index (χ2n) is 5.58. The monoisotopic (exact) mass is 370 g/mol. The van der Waals surface area contributed by atoms with Gasteiger partial charge in [-0.25, -0.2) is 8.42 Å². The van der Waals surface area contributed by atoms with E-state index in [1.165, 1.54) is 6.07 Å². The van der Waals surface area contributed by atoms with Crippen molar-refractivity contribution in [1.29, 1.82) is 0 Å². The highest BCUT2D eigenvalue weighted by Gasteiger charge is 2.15. The average Bonchev–Trinajstić information content (AvgIpc) is 2.63. The molecule has 0 spiro atoms. The molecule has 3 aromatic rings. The van der Waals surface area contributed by atoms with E-state index in [4.69, 9.17) is 4.74 Å². The van der Waals surface area contributed by atoms with Crippen molar-refractivity contribution in [2.75, 3.05) is 17.1 Å². The van der Waals surface area contributed by atoms with Gasteiger partial charge in [0.05, 0.1) is 12.0 Å². The fourth-order valence-corrected chi connectivity index (χ4v) is 3.38. The van der Waals surface area contributed by atoms with Gasteiger partial charge in [-0.05, 0) is 48.9 Å². The molecule has 0 aliphatic heterocycles. The molecule has 2 aromatic carbocycles. The minimum atomic E-state index is -3.71. The Bertz CT molecular complexity index is 1000. The molecule has 0 unspecified atom stereocenters. The van der Waals surface area contributed by atoms with Crippen LogP contribution < -0.4 is 14.8 Å². The first-order valence-corrected chi connectivity index (χ1v) is 9.29. The van der Waals surface area contributed by atoms with Crippen LogP contribution in [0.25, 0.3) is 0 Å². The Hall–Kier alpha value is -3.13. The third-order valence-corrected chi connectivity index (χ3v) is 4.90. The lowest BCUT2D eigenvalue weighted by Gasteiger charge is -2.09. The number of methoxy groups -OCH3 is 1. The fourth-order valence-electron chi connectivity index (χ4n) is 2.28. The van der Waals surface area contributed by atoms with E-state index >= 15 is 0 Å². The van der Waals surface area contributed by atoms with E-state index in [0.29, 0.717) is 11.6 Å². The fraction of sp³-hybridized carbons (Fsp3) is 0.111. The molecule has 0 aliphatic carbocycles.